The van der Waals surface area contributed by atoms with Crippen LogP contribution in [0.15, 0.2) is 22.0 Å². The average molecular weight is 249 g/mol. The molecule has 1 atom stereocenters. The average Bonchev–Trinajstić information content (AvgIpc) is 2.06. The largest absolute Gasteiger partial charge is 0.321 e. The Morgan fingerprint density at radius 3 is 2.73 bits per heavy atom. The van der Waals surface area contributed by atoms with Crippen LogP contribution in [0.25, 0.3) is 0 Å². The molecule has 1 aliphatic carbocycles. The van der Waals surface area contributed by atoms with E-state index in [-0.39, 0.29) is 4.91 Å². The molecule has 0 radical (unpaired) electrons. The third-order valence-corrected chi connectivity index (χ3v) is 4.23. The van der Waals surface area contributed by atoms with Crippen molar-refractivity contribution in [3.63, 3.8) is 0 Å². The van der Waals surface area contributed by atoms with Crippen molar-refractivity contribution < 1.29 is 13.0 Å². The fourth-order valence-corrected chi connectivity index (χ4v) is 2.88. The van der Waals surface area contributed by atoms with Crippen LogP contribution >= 0.6 is 11.8 Å². The molecule has 0 bridgehead atoms. The lowest BCUT2D eigenvalue weighted by Gasteiger charge is -2.29. The predicted octanol–water partition coefficient (Wildman–Crippen LogP) is 1.52. The maximum absolute atomic E-state index is 10.9. The van der Waals surface area contributed by atoms with Gasteiger partial charge in [-0.3, -0.25) is 4.55 Å². The standard InChI is InChI=1S/C9H15NO3S2/c1-3-14-8-6-7(15(11,12)13)4-5-9(8,2)10/h4,6H,3,5,10H2,1-2H3,(H,11,12,13)/t9-/m1/s1. The lowest BCUT2D eigenvalue weighted by molar-refractivity contribution is 0.490. The van der Waals surface area contributed by atoms with Crippen LogP contribution in [0.1, 0.15) is 20.3 Å². The number of allylic oxidation sites excluding steroid dienone is 1. The van der Waals surface area contributed by atoms with E-state index in [1.807, 2.05) is 13.8 Å². The second-order valence-corrected chi connectivity index (χ2v) is 6.37. The van der Waals surface area contributed by atoms with Crippen LogP contribution in [0.5, 0.6) is 0 Å². The van der Waals surface area contributed by atoms with Gasteiger partial charge in [0.05, 0.1) is 4.91 Å². The molecule has 0 unspecified atom stereocenters. The molecule has 0 aromatic heterocycles. The SMILES string of the molecule is CCSC1=CC(S(=O)(=O)O)=CC[C@@]1(C)N. The van der Waals surface area contributed by atoms with E-state index in [0.29, 0.717) is 6.42 Å². The third kappa shape index (κ3) is 3.07. The number of hydrogen-bond donors (Lipinski definition) is 2. The summed E-state index contributed by atoms with van der Waals surface area (Å²) in [6, 6.07) is 0. The molecule has 1 aliphatic rings. The highest BCUT2D eigenvalue weighted by atomic mass is 32.2. The van der Waals surface area contributed by atoms with Gasteiger partial charge in [0.2, 0.25) is 0 Å². The third-order valence-electron chi connectivity index (χ3n) is 2.16. The summed E-state index contributed by atoms with van der Waals surface area (Å²) in [5.74, 6) is 0.817. The van der Waals surface area contributed by atoms with Crippen LogP contribution in [0.4, 0.5) is 0 Å². The molecular weight excluding hydrogens is 234 g/mol. The Labute approximate surface area is 94.4 Å². The molecule has 0 aromatic carbocycles. The first-order valence-electron chi connectivity index (χ1n) is 4.59. The molecule has 6 heteroatoms. The highest BCUT2D eigenvalue weighted by Crippen LogP contribution is 2.34. The van der Waals surface area contributed by atoms with Crippen LogP contribution in [-0.2, 0) is 10.1 Å². The summed E-state index contributed by atoms with van der Waals surface area (Å²) in [5, 5.41) is 0. The molecule has 15 heavy (non-hydrogen) atoms. The Morgan fingerprint density at radius 2 is 2.27 bits per heavy atom. The number of thioether (sulfide) groups is 1. The summed E-state index contributed by atoms with van der Waals surface area (Å²) in [6.45, 7) is 3.81. The van der Waals surface area contributed by atoms with E-state index >= 15 is 0 Å². The first-order chi connectivity index (χ1) is 6.77. The molecule has 0 amide bonds. The van der Waals surface area contributed by atoms with E-state index in [1.54, 1.807) is 0 Å². The molecule has 1 rings (SSSR count). The Balaban J connectivity index is 3.07. The molecule has 86 valence electrons. The van der Waals surface area contributed by atoms with Gasteiger partial charge in [-0.05, 0) is 25.2 Å². The van der Waals surface area contributed by atoms with Gasteiger partial charge in [0, 0.05) is 10.4 Å². The molecule has 0 aromatic rings. The smallest absolute Gasteiger partial charge is 0.294 e. The van der Waals surface area contributed by atoms with Gasteiger partial charge < -0.3 is 5.73 Å². The minimum atomic E-state index is -4.11. The van der Waals surface area contributed by atoms with Crippen molar-refractivity contribution in [1.29, 1.82) is 0 Å². The summed E-state index contributed by atoms with van der Waals surface area (Å²) in [7, 11) is -4.11. The number of rotatable bonds is 3. The maximum Gasteiger partial charge on any atom is 0.294 e. The van der Waals surface area contributed by atoms with Crippen molar-refractivity contribution in [3.05, 3.63) is 22.0 Å². The van der Waals surface area contributed by atoms with E-state index in [4.69, 9.17) is 10.3 Å². The van der Waals surface area contributed by atoms with Crippen LogP contribution in [-0.4, -0.2) is 24.3 Å². The molecule has 4 nitrogen and oxygen atoms in total. The van der Waals surface area contributed by atoms with Gasteiger partial charge in [-0.1, -0.05) is 13.0 Å². The van der Waals surface area contributed by atoms with Crippen molar-refractivity contribution in [1.82, 2.24) is 0 Å². The minimum Gasteiger partial charge on any atom is -0.321 e. The van der Waals surface area contributed by atoms with Gasteiger partial charge in [-0.25, -0.2) is 0 Å². The summed E-state index contributed by atoms with van der Waals surface area (Å²) < 4.78 is 30.8. The fourth-order valence-electron chi connectivity index (χ4n) is 1.31. The van der Waals surface area contributed by atoms with Gasteiger partial charge in [0.15, 0.2) is 0 Å². The monoisotopic (exact) mass is 249 g/mol. The quantitative estimate of drug-likeness (QED) is 0.741. The summed E-state index contributed by atoms with van der Waals surface area (Å²) >= 11 is 1.50. The minimum absolute atomic E-state index is 0.0543. The Kier molecular flexibility index (Phi) is 3.65. The van der Waals surface area contributed by atoms with E-state index in [0.717, 1.165) is 10.7 Å². The molecule has 3 N–H and O–H groups in total. The molecule has 0 aliphatic heterocycles. The summed E-state index contributed by atoms with van der Waals surface area (Å²) in [4.78, 5) is 0.738. The highest BCUT2D eigenvalue weighted by molar-refractivity contribution is 8.03. The van der Waals surface area contributed by atoms with Crippen molar-refractivity contribution in [2.75, 3.05) is 5.75 Å². The predicted molar refractivity (Wildman–Crippen MR) is 63.1 cm³/mol. The molecule has 0 saturated carbocycles. The Morgan fingerprint density at radius 1 is 1.67 bits per heavy atom. The zero-order valence-corrected chi connectivity index (χ0v) is 10.4. The number of hydrogen-bond acceptors (Lipinski definition) is 4. The van der Waals surface area contributed by atoms with Gasteiger partial charge in [-0.15, -0.1) is 11.8 Å². The molecule has 0 heterocycles. The lowest BCUT2D eigenvalue weighted by Crippen LogP contribution is -2.38. The van der Waals surface area contributed by atoms with Crippen molar-refractivity contribution in [2.24, 2.45) is 5.73 Å². The highest BCUT2D eigenvalue weighted by Gasteiger charge is 2.29. The fraction of sp³-hybridized carbons (Fsp3) is 0.556. The van der Waals surface area contributed by atoms with E-state index in [9.17, 15) is 8.42 Å². The van der Waals surface area contributed by atoms with Crippen molar-refractivity contribution in [2.45, 2.75) is 25.8 Å². The van der Waals surface area contributed by atoms with Crippen LogP contribution in [0.3, 0.4) is 0 Å². The maximum atomic E-state index is 10.9. The zero-order chi connectivity index (χ0) is 11.7. The molecule has 0 saturated heterocycles. The van der Waals surface area contributed by atoms with Gasteiger partial charge >= 0.3 is 0 Å². The number of nitrogens with two attached hydrogens (primary N) is 1. The lowest BCUT2D eigenvalue weighted by atomic mass is 9.94. The Bertz CT molecular complexity index is 407. The zero-order valence-electron chi connectivity index (χ0n) is 8.73. The van der Waals surface area contributed by atoms with Crippen LogP contribution in [0.2, 0.25) is 0 Å². The second kappa shape index (κ2) is 4.29. The molecule has 0 fully saturated rings. The topological polar surface area (TPSA) is 80.4 Å². The van der Waals surface area contributed by atoms with Crippen LogP contribution in [0, 0.1) is 0 Å². The first-order valence-corrected chi connectivity index (χ1v) is 7.01. The first kappa shape index (κ1) is 12.8. The summed E-state index contributed by atoms with van der Waals surface area (Å²) in [5.41, 5.74) is 5.47. The van der Waals surface area contributed by atoms with Gasteiger partial charge in [-0.2, -0.15) is 8.42 Å². The second-order valence-electron chi connectivity index (χ2n) is 3.64. The van der Waals surface area contributed by atoms with Gasteiger partial charge in [0.25, 0.3) is 10.1 Å². The van der Waals surface area contributed by atoms with Gasteiger partial charge in [0.1, 0.15) is 0 Å². The van der Waals surface area contributed by atoms with E-state index in [2.05, 4.69) is 0 Å². The molecule has 0 spiro atoms. The van der Waals surface area contributed by atoms with Crippen LogP contribution < -0.4 is 5.73 Å². The van der Waals surface area contributed by atoms with E-state index < -0.39 is 15.7 Å². The van der Waals surface area contributed by atoms with E-state index in [1.165, 1.54) is 23.9 Å². The Hall–Kier alpha value is -0.300. The normalized spacial score (nSPS) is 27.2. The van der Waals surface area contributed by atoms with Crippen molar-refractivity contribution in [3.8, 4) is 0 Å². The van der Waals surface area contributed by atoms with Crippen molar-refractivity contribution >= 4 is 21.9 Å². The summed E-state index contributed by atoms with van der Waals surface area (Å²) in [6.07, 6.45) is 3.32. The molecular formula is C9H15NO3S2.